The number of carbonyl (C=O) groups excluding carboxylic acids is 2. The van der Waals surface area contributed by atoms with Gasteiger partial charge in [0, 0.05) is 19.5 Å². The van der Waals surface area contributed by atoms with E-state index in [0.29, 0.717) is 29.1 Å². The minimum absolute atomic E-state index is 0.0755. The molecule has 1 atom stereocenters. The summed E-state index contributed by atoms with van der Waals surface area (Å²) in [6.07, 6.45) is 0.0755. The first-order valence-electron chi connectivity index (χ1n) is 7.30. The van der Waals surface area contributed by atoms with Crippen molar-refractivity contribution in [2.24, 2.45) is 4.99 Å². The molecule has 0 radical (unpaired) electrons. The highest BCUT2D eigenvalue weighted by Crippen LogP contribution is 2.28. The fourth-order valence-electron chi connectivity index (χ4n) is 2.33. The summed E-state index contributed by atoms with van der Waals surface area (Å²) in [4.78, 5) is 30.2. The number of rotatable bonds is 3. The maximum atomic E-state index is 12.1. The van der Waals surface area contributed by atoms with Crippen LogP contribution in [0.15, 0.2) is 29.3 Å². The molecule has 0 unspecified atom stereocenters. The molecule has 0 aromatic heterocycles. The van der Waals surface area contributed by atoms with Crippen molar-refractivity contribution in [1.29, 1.82) is 0 Å². The van der Waals surface area contributed by atoms with Crippen LogP contribution >= 0.6 is 23.4 Å². The van der Waals surface area contributed by atoms with Gasteiger partial charge in [0.25, 0.3) is 5.91 Å². The van der Waals surface area contributed by atoms with Crippen LogP contribution in [0.4, 0.5) is 5.69 Å². The van der Waals surface area contributed by atoms with Crippen LogP contribution in [0.5, 0.6) is 0 Å². The first-order valence-corrected chi connectivity index (χ1v) is 8.55. The zero-order valence-corrected chi connectivity index (χ0v) is 13.9. The van der Waals surface area contributed by atoms with Gasteiger partial charge < -0.3 is 15.0 Å². The van der Waals surface area contributed by atoms with Crippen molar-refractivity contribution in [2.75, 3.05) is 31.6 Å². The van der Waals surface area contributed by atoms with Crippen LogP contribution in [0, 0.1) is 0 Å². The van der Waals surface area contributed by atoms with Crippen LogP contribution < -0.4 is 5.32 Å². The highest BCUT2D eigenvalue weighted by atomic mass is 35.5. The topological polar surface area (TPSA) is 71.0 Å². The summed E-state index contributed by atoms with van der Waals surface area (Å²) in [6.45, 7) is 2.70. The highest BCUT2D eigenvalue weighted by molar-refractivity contribution is 8.15. The zero-order valence-electron chi connectivity index (χ0n) is 12.3. The maximum Gasteiger partial charge on any atom is 0.262 e. The molecule has 23 heavy (non-hydrogen) atoms. The number of morpholine rings is 1. The number of hydrogen-bond donors (Lipinski definition) is 1. The van der Waals surface area contributed by atoms with Crippen molar-refractivity contribution in [3.8, 4) is 0 Å². The second kappa shape index (κ2) is 7.33. The second-order valence-electron chi connectivity index (χ2n) is 5.17. The predicted molar refractivity (Wildman–Crippen MR) is 90.9 cm³/mol. The molecule has 1 aromatic rings. The normalized spacial score (nSPS) is 21.3. The van der Waals surface area contributed by atoms with Crippen molar-refractivity contribution in [3.05, 3.63) is 29.3 Å². The van der Waals surface area contributed by atoms with Crippen molar-refractivity contribution < 1.29 is 14.3 Å². The van der Waals surface area contributed by atoms with Crippen LogP contribution in [0.2, 0.25) is 5.02 Å². The fraction of sp³-hybridized carbons (Fsp3) is 0.400. The summed E-state index contributed by atoms with van der Waals surface area (Å²) in [5.74, 6) is -0.506. The third kappa shape index (κ3) is 4.04. The monoisotopic (exact) mass is 353 g/mol. The first-order chi connectivity index (χ1) is 11.1. The molecule has 6 nitrogen and oxygen atoms in total. The largest absolute Gasteiger partial charge is 0.378 e. The Morgan fingerprint density at radius 3 is 2.87 bits per heavy atom. The third-order valence-corrected chi connectivity index (χ3v) is 5.07. The summed E-state index contributed by atoms with van der Waals surface area (Å²) in [5.41, 5.74) is 0.545. The summed E-state index contributed by atoms with van der Waals surface area (Å²) < 4.78 is 5.29. The molecule has 2 amide bonds. The van der Waals surface area contributed by atoms with E-state index in [4.69, 9.17) is 16.3 Å². The molecule has 0 aliphatic carbocycles. The Morgan fingerprint density at radius 2 is 2.13 bits per heavy atom. The smallest absolute Gasteiger partial charge is 0.262 e. The molecule has 1 saturated heterocycles. The van der Waals surface area contributed by atoms with Gasteiger partial charge in [0.05, 0.1) is 23.9 Å². The molecule has 0 bridgehead atoms. The number of halogens is 1. The average molecular weight is 354 g/mol. The molecule has 0 spiro atoms. The first kappa shape index (κ1) is 16.3. The van der Waals surface area contributed by atoms with Crippen LogP contribution in [-0.4, -0.2) is 53.4 Å². The minimum Gasteiger partial charge on any atom is -0.378 e. The standard InChI is InChI=1S/C15H16ClN3O3S/c16-10-3-1-2-4-11(10)17-13(20)9-12-14(21)18-15(23-12)19-5-7-22-8-6-19/h1-4,12H,5-9H2,(H,17,20)/t12-/m0/s1. The van der Waals surface area contributed by atoms with Gasteiger partial charge in [-0.15, -0.1) is 0 Å². The number of amidine groups is 1. The lowest BCUT2D eigenvalue weighted by atomic mass is 10.2. The Balaban J connectivity index is 1.56. The fourth-order valence-corrected chi connectivity index (χ4v) is 3.63. The SMILES string of the molecule is O=C(C[C@@H]1SC(N2CCOCC2)=NC1=O)Nc1ccccc1Cl. The van der Waals surface area contributed by atoms with Crippen LogP contribution in [0.3, 0.4) is 0 Å². The molecule has 122 valence electrons. The molecule has 1 aromatic carbocycles. The van der Waals surface area contributed by atoms with Crippen LogP contribution in [-0.2, 0) is 14.3 Å². The number of amides is 2. The van der Waals surface area contributed by atoms with Gasteiger partial charge >= 0.3 is 0 Å². The maximum absolute atomic E-state index is 12.1. The van der Waals surface area contributed by atoms with Gasteiger partial charge in [-0.3, -0.25) is 9.59 Å². The Hall–Kier alpha value is -1.57. The Morgan fingerprint density at radius 1 is 1.39 bits per heavy atom. The number of anilines is 1. The van der Waals surface area contributed by atoms with Gasteiger partial charge in [0.15, 0.2) is 5.17 Å². The Labute approximate surface area is 143 Å². The number of ether oxygens (including phenoxy) is 1. The molecular formula is C15H16ClN3O3S. The lowest BCUT2D eigenvalue weighted by molar-refractivity contribution is -0.121. The van der Waals surface area contributed by atoms with E-state index in [1.807, 2.05) is 4.90 Å². The van der Waals surface area contributed by atoms with E-state index in [2.05, 4.69) is 10.3 Å². The molecule has 2 heterocycles. The van der Waals surface area contributed by atoms with Crippen molar-refractivity contribution in [1.82, 2.24) is 4.90 Å². The molecule has 1 fully saturated rings. The molecule has 2 aliphatic rings. The van der Waals surface area contributed by atoms with Crippen molar-refractivity contribution >= 4 is 46.0 Å². The number of carbonyl (C=O) groups is 2. The van der Waals surface area contributed by atoms with Gasteiger partial charge in [0.1, 0.15) is 5.25 Å². The summed E-state index contributed by atoms with van der Waals surface area (Å²) in [5, 5.41) is 3.41. The Bertz CT molecular complexity index is 647. The average Bonchev–Trinajstić information content (AvgIpc) is 2.91. The quantitative estimate of drug-likeness (QED) is 0.900. The molecular weight excluding hydrogens is 338 g/mol. The number of thioether (sulfide) groups is 1. The lowest BCUT2D eigenvalue weighted by Gasteiger charge is -2.27. The molecule has 0 saturated carbocycles. The van der Waals surface area contributed by atoms with Gasteiger partial charge in [-0.05, 0) is 12.1 Å². The van der Waals surface area contributed by atoms with Crippen molar-refractivity contribution in [3.63, 3.8) is 0 Å². The molecule has 8 heteroatoms. The number of nitrogens with zero attached hydrogens (tertiary/aromatic N) is 2. The number of benzene rings is 1. The minimum atomic E-state index is -0.477. The van der Waals surface area contributed by atoms with E-state index in [9.17, 15) is 9.59 Å². The molecule has 2 aliphatic heterocycles. The Kier molecular flexibility index (Phi) is 5.20. The van der Waals surface area contributed by atoms with E-state index in [1.165, 1.54) is 11.8 Å². The van der Waals surface area contributed by atoms with Crippen molar-refractivity contribution in [2.45, 2.75) is 11.7 Å². The van der Waals surface area contributed by atoms with E-state index >= 15 is 0 Å². The molecule has 3 rings (SSSR count). The number of nitrogens with one attached hydrogen (secondary N) is 1. The number of hydrogen-bond acceptors (Lipinski definition) is 5. The molecule has 1 N–H and O–H groups in total. The van der Waals surface area contributed by atoms with Gasteiger partial charge in [-0.2, -0.15) is 4.99 Å². The van der Waals surface area contributed by atoms with E-state index in [1.54, 1.807) is 24.3 Å². The van der Waals surface area contributed by atoms with E-state index in [-0.39, 0.29) is 18.2 Å². The predicted octanol–water partition coefficient (Wildman–Crippen LogP) is 2.00. The van der Waals surface area contributed by atoms with Crippen LogP contribution in [0.25, 0.3) is 0 Å². The van der Waals surface area contributed by atoms with Gasteiger partial charge in [-0.1, -0.05) is 35.5 Å². The van der Waals surface area contributed by atoms with Gasteiger partial charge in [-0.25, -0.2) is 0 Å². The number of para-hydroxylation sites is 1. The van der Waals surface area contributed by atoms with Crippen LogP contribution in [0.1, 0.15) is 6.42 Å². The highest BCUT2D eigenvalue weighted by Gasteiger charge is 2.33. The van der Waals surface area contributed by atoms with E-state index in [0.717, 1.165) is 13.1 Å². The third-order valence-electron chi connectivity index (χ3n) is 3.53. The number of aliphatic imine (C=N–C) groups is 1. The second-order valence-corrected chi connectivity index (χ2v) is 6.75. The lowest BCUT2D eigenvalue weighted by Crippen LogP contribution is -2.39. The van der Waals surface area contributed by atoms with Gasteiger partial charge in [0.2, 0.25) is 5.91 Å². The van der Waals surface area contributed by atoms with E-state index < -0.39 is 5.25 Å². The zero-order chi connectivity index (χ0) is 16.2. The summed E-state index contributed by atoms with van der Waals surface area (Å²) >= 11 is 7.36. The summed E-state index contributed by atoms with van der Waals surface area (Å²) in [7, 11) is 0. The summed E-state index contributed by atoms with van der Waals surface area (Å²) in [6, 6.07) is 7.00.